The Balaban J connectivity index is 2.37. The highest BCUT2D eigenvalue weighted by Gasteiger charge is 2.05. The fourth-order valence-corrected chi connectivity index (χ4v) is 1.91. The van der Waals surface area contributed by atoms with Crippen LogP contribution in [0.15, 0.2) is 35.3 Å². The summed E-state index contributed by atoms with van der Waals surface area (Å²) in [5.74, 6) is 0.737. The zero-order valence-corrected chi connectivity index (χ0v) is 13.0. The van der Waals surface area contributed by atoms with Gasteiger partial charge in [-0.2, -0.15) is 0 Å². The number of nitrogens with one attached hydrogen (secondary N) is 2. The normalized spacial score (nSPS) is 13.0. The first kappa shape index (κ1) is 17.5. The Bertz CT molecular complexity index is 396. The summed E-state index contributed by atoms with van der Waals surface area (Å²) < 4.78 is 5.01. The predicted octanol–water partition coefficient (Wildman–Crippen LogP) is 1.18. The fourth-order valence-electron chi connectivity index (χ4n) is 1.91. The molecule has 1 aromatic carbocycles. The van der Waals surface area contributed by atoms with Crippen molar-refractivity contribution in [2.45, 2.75) is 25.9 Å². The van der Waals surface area contributed by atoms with Gasteiger partial charge in [0, 0.05) is 33.2 Å². The lowest BCUT2D eigenvalue weighted by molar-refractivity contribution is 0.183. The van der Waals surface area contributed by atoms with Gasteiger partial charge < -0.3 is 20.5 Å². The van der Waals surface area contributed by atoms with E-state index in [1.54, 1.807) is 7.11 Å². The molecule has 0 aliphatic rings. The van der Waals surface area contributed by atoms with Crippen molar-refractivity contribution in [3.63, 3.8) is 0 Å². The van der Waals surface area contributed by atoms with Gasteiger partial charge in [-0.15, -0.1) is 0 Å². The number of aliphatic imine (C=N–C) groups is 1. The standard InChI is InChI=1S/C16H27N3O2/c1-3-17-16(18-10-7-11-21-2)19-13-15(20)12-14-8-5-4-6-9-14/h4-6,8-9,15,20H,3,7,10-13H2,1-2H3,(H2,17,18,19). The third-order valence-electron chi connectivity index (χ3n) is 2.94. The molecule has 1 aromatic rings. The summed E-state index contributed by atoms with van der Waals surface area (Å²) in [6.07, 6.45) is 1.07. The summed E-state index contributed by atoms with van der Waals surface area (Å²) in [7, 11) is 1.69. The molecule has 0 radical (unpaired) electrons. The molecule has 5 heteroatoms. The van der Waals surface area contributed by atoms with Gasteiger partial charge in [0.1, 0.15) is 0 Å². The minimum absolute atomic E-state index is 0.383. The number of rotatable bonds is 9. The van der Waals surface area contributed by atoms with E-state index in [2.05, 4.69) is 15.6 Å². The number of hydrogen-bond acceptors (Lipinski definition) is 3. The molecule has 0 aromatic heterocycles. The topological polar surface area (TPSA) is 65.9 Å². The fraction of sp³-hybridized carbons (Fsp3) is 0.562. The Morgan fingerprint density at radius 2 is 2.05 bits per heavy atom. The molecule has 0 saturated carbocycles. The first-order chi connectivity index (χ1) is 10.3. The van der Waals surface area contributed by atoms with Crippen LogP contribution in [0, 0.1) is 0 Å². The largest absolute Gasteiger partial charge is 0.391 e. The lowest BCUT2D eigenvalue weighted by Crippen LogP contribution is -2.38. The summed E-state index contributed by atoms with van der Waals surface area (Å²) in [6, 6.07) is 9.96. The Morgan fingerprint density at radius 3 is 2.71 bits per heavy atom. The van der Waals surface area contributed by atoms with E-state index in [0.29, 0.717) is 13.0 Å². The molecule has 118 valence electrons. The van der Waals surface area contributed by atoms with Crippen LogP contribution in [0.4, 0.5) is 0 Å². The summed E-state index contributed by atoms with van der Waals surface area (Å²) in [5.41, 5.74) is 1.12. The molecule has 0 aliphatic carbocycles. The van der Waals surface area contributed by atoms with Gasteiger partial charge >= 0.3 is 0 Å². The number of hydrogen-bond donors (Lipinski definition) is 3. The Kier molecular flexibility index (Phi) is 9.24. The Hall–Kier alpha value is -1.59. The maximum absolute atomic E-state index is 10.0. The molecule has 5 nitrogen and oxygen atoms in total. The van der Waals surface area contributed by atoms with Crippen LogP contribution in [-0.2, 0) is 11.2 Å². The van der Waals surface area contributed by atoms with E-state index in [9.17, 15) is 5.11 Å². The maximum atomic E-state index is 10.0. The lowest BCUT2D eigenvalue weighted by atomic mass is 10.1. The van der Waals surface area contributed by atoms with Crippen LogP contribution >= 0.6 is 0 Å². The second kappa shape index (κ2) is 11.1. The van der Waals surface area contributed by atoms with E-state index in [0.717, 1.165) is 37.6 Å². The molecular formula is C16H27N3O2. The third kappa shape index (κ3) is 8.32. The summed E-state index contributed by atoms with van der Waals surface area (Å²) in [5, 5.41) is 16.4. The van der Waals surface area contributed by atoms with Gasteiger partial charge in [-0.25, -0.2) is 0 Å². The van der Waals surface area contributed by atoms with E-state index >= 15 is 0 Å². The number of aliphatic hydroxyl groups is 1. The highest BCUT2D eigenvalue weighted by atomic mass is 16.5. The molecule has 0 bridgehead atoms. The van der Waals surface area contributed by atoms with Gasteiger partial charge in [0.2, 0.25) is 0 Å². The van der Waals surface area contributed by atoms with Crippen LogP contribution in [0.2, 0.25) is 0 Å². The summed E-state index contributed by atoms with van der Waals surface area (Å²) in [4.78, 5) is 4.41. The van der Waals surface area contributed by atoms with Crippen molar-refractivity contribution in [2.24, 2.45) is 4.99 Å². The molecule has 0 aliphatic heterocycles. The second-order valence-electron chi connectivity index (χ2n) is 4.84. The first-order valence-electron chi connectivity index (χ1n) is 7.49. The number of benzene rings is 1. The molecule has 0 amide bonds. The zero-order valence-electron chi connectivity index (χ0n) is 13.0. The molecule has 1 unspecified atom stereocenters. The van der Waals surface area contributed by atoms with Crippen molar-refractivity contribution < 1.29 is 9.84 Å². The van der Waals surface area contributed by atoms with Crippen molar-refractivity contribution in [2.75, 3.05) is 33.4 Å². The molecule has 0 spiro atoms. The molecule has 3 N–H and O–H groups in total. The SMILES string of the molecule is CCNC(=NCC(O)Cc1ccccc1)NCCCOC. The van der Waals surface area contributed by atoms with Crippen molar-refractivity contribution in [1.29, 1.82) is 0 Å². The second-order valence-corrected chi connectivity index (χ2v) is 4.84. The van der Waals surface area contributed by atoms with Crippen LogP contribution in [-0.4, -0.2) is 50.5 Å². The van der Waals surface area contributed by atoms with Gasteiger partial charge in [-0.1, -0.05) is 30.3 Å². The van der Waals surface area contributed by atoms with Gasteiger partial charge in [0.25, 0.3) is 0 Å². The highest BCUT2D eigenvalue weighted by molar-refractivity contribution is 5.79. The molecular weight excluding hydrogens is 266 g/mol. The van der Waals surface area contributed by atoms with Gasteiger partial charge in [0.15, 0.2) is 5.96 Å². The van der Waals surface area contributed by atoms with Crippen LogP contribution in [0.3, 0.4) is 0 Å². The van der Waals surface area contributed by atoms with Gasteiger partial charge in [-0.05, 0) is 18.9 Å². The smallest absolute Gasteiger partial charge is 0.191 e. The maximum Gasteiger partial charge on any atom is 0.191 e. The van der Waals surface area contributed by atoms with Gasteiger partial charge in [-0.3, -0.25) is 4.99 Å². The minimum atomic E-state index is -0.471. The number of methoxy groups -OCH3 is 1. The molecule has 1 atom stereocenters. The van der Waals surface area contributed by atoms with E-state index in [1.165, 1.54) is 0 Å². The molecule has 21 heavy (non-hydrogen) atoms. The number of nitrogens with zero attached hydrogens (tertiary/aromatic N) is 1. The van der Waals surface area contributed by atoms with Crippen molar-refractivity contribution in [3.8, 4) is 0 Å². The van der Waals surface area contributed by atoms with Crippen molar-refractivity contribution >= 4 is 5.96 Å². The number of aliphatic hydroxyl groups excluding tert-OH is 1. The van der Waals surface area contributed by atoms with Crippen LogP contribution in [0.5, 0.6) is 0 Å². The highest BCUT2D eigenvalue weighted by Crippen LogP contribution is 2.03. The van der Waals surface area contributed by atoms with Gasteiger partial charge in [0.05, 0.1) is 12.6 Å². The van der Waals surface area contributed by atoms with E-state index < -0.39 is 6.10 Å². The quantitative estimate of drug-likeness (QED) is 0.363. The molecule has 0 saturated heterocycles. The average Bonchev–Trinajstić information content (AvgIpc) is 2.50. The number of guanidine groups is 1. The summed E-state index contributed by atoms with van der Waals surface area (Å²) in [6.45, 7) is 4.73. The minimum Gasteiger partial charge on any atom is -0.391 e. The van der Waals surface area contributed by atoms with Crippen molar-refractivity contribution in [1.82, 2.24) is 10.6 Å². The third-order valence-corrected chi connectivity index (χ3v) is 2.94. The summed E-state index contributed by atoms with van der Waals surface area (Å²) >= 11 is 0. The predicted molar refractivity (Wildman–Crippen MR) is 86.6 cm³/mol. The van der Waals surface area contributed by atoms with Crippen LogP contribution in [0.1, 0.15) is 18.9 Å². The monoisotopic (exact) mass is 293 g/mol. The van der Waals surface area contributed by atoms with Crippen LogP contribution < -0.4 is 10.6 Å². The average molecular weight is 293 g/mol. The molecule has 0 heterocycles. The Labute approximate surface area is 127 Å². The van der Waals surface area contributed by atoms with E-state index in [1.807, 2.05) is 37.3 Å². The van der Waals surface area contributed by atoms with Crippen LogP contribution in [0.25, 0.3) is 0 Å². The Morgan fingerprint density at radius 1 is 1.29 bits per heavy atom. The molecule has 0 fully saturated rings. The zero-order chi connectivity index (χ0) is 15.3. The van der Waals surface area contributed by atoms with Crippen molar-refractivity contribution in [3.05, 3.63) is 35.9 Å². The first-order valence-corrected chi connectivity index (χ1v) is 7.49. The number of ether oxygens (including phenoxy) is 1. The lowest BCUT2D eigenvalue weighted by Gasteiger charge is -2.13. The molecule has 1 rings (SSSR count). The van der Waals surface area contributed by atoms with E-state index in [-0.39, 0.29) is 0 Å². The van der Waals surface area contributed by atoms with E-state index in [4.69, 9.17) is 4.74 Å².